The second-order valence-corrected chi connectivity index (χ2v) is 3.60. The van der Waals surface area contributed by atoms with Crippen molar-refractivity contribution >= 4 is 5.97 Å². The molecule has 0 radical (unpaired) electrons. The molecule has 0 saturated heterocycles. The van der Waals surface area contributed by atoms with E-state index in [1.807, 2.05) is 0 Å². The van der Waals surface area contributed by atoms with Gasteiger partial charge in [0, 0.05) is 0 Å². The zero-order valence-electron chi connectivity index (χ0n) is 8.87. The van der Waals surface area contributed by atoms with Gasteiger partial charge in [0.05, 0.1) is 6.10 Å². The molecule has 82 valence electrons. The lowest BCUT2D eigenvalue weighted by Crippen LogP contribution is -2.11. The van der Waals surface area contributed by atoms with E-state index < -0.39 is 11.8 Å². The summed E-state index contributed by atoms with van der Waals surface area (Å²) >= 11 is 0. The van der Waals surface area contributed by atoms with E-state index in [1.54, 1.807) is 20.8 Å². The number of rotatable bonds is 3. The Morgan fingerprint density at radius 2 is 2.07 bits per heavy atom. The fraction of sp³-hybridized carbons (Fsp3) is 0.364. The number of hydrogen-bond acceptors (Lipinski definition) is 2. The summed E-state index contributed by atoms with van der Waals surface area (Å²) in [6, 6.07) is 2.65. The maximum atomic E-state index is 13.4. The Morgan fingerprint density at radius 3 is 2.53 bits per heavy atom. The second-order valence-electron chi connectivity index (χ2n) is 3.60. The molecular formula is C11H13FO3. The number of hydrogen-bond donors (Lipinski definition) is 1. The van der Waals surface area contributed by atoms with Gasteiger partial charge in [-0.1, -0.05) is 0 Å². The Hall–Kier alpha value is -1.58. The van der Waals surface area contributed by atoms with Crippen LogP contribution < -0.4 is 4.74 Å². The van der Waals surface area contributed by atoms with Gasteiger partial charge in [-0.15, -0.1) is 0 Å². The van der Waals surface area contributed by atoms with Crippen LogP contribution in [-0.2, 0) is 0 Å². The minimum Gasteiger partial charge on any atom is -0.487 e. The minimum atomic E-state index is -1.19. The van der Waals surface area contributed by atoms with Gasteiger partial charge in [0.1, 0.15) is 5.56 Å². The number of aryl methyl sites for hydroxylation is 1. The zero-order chi connectivity index (χ0) is 11.6. The average molecular weight is 212 g/mol. The first-order valence-electron chi connectivity index (χ1n) is 4.62. The van der Waals surface area contributed by atoms with Crippen LogP contribution in [0, 0.1) is 12.7 Å². The lowest BCUT2D eigenvalue weighted by Gasteiger charge is -2.13. The van der Waals surface area contributed by atoms with Crippen LogP contribution in [0.1, 0.15) is 29.8 Å². The fourth-order valence-corrected chi connectivity index (χ4v) is 1.24. The Bertz CT molecular complexity index is 386. The highest BCUT2D eigenvalue weighted by atomic mass is 19.1. The number of aromatic carboxylic acids is 1. The molecule has 1 rings (SSSR count). The molecule has 15 heavy (non-hydrogen) atoms. The summed E-state index contributed by atoms with van der Waals surface area (Å²) in [5.74, 6) is -2.02. The molecule has 0 aliphatic rings. The van der Waals surface area contributed by atoms with Crippen LogP contribution >= 0.6 is 0 Å². The average Bonchev–Trinajstić information content (AvgIpc) is 2.08. The third-order valence-corrected chi connectivity index (χ3v) is 1.77. The number of carboxylic acids is 1. The summed E-state index contributed by atoms with van der Waals surface area (Å²) in [4.78, 5) is 10.9. The number of benzene rings is 1. The molecule has 4 heteroatoms. The van der Waals surface area contributed by atoms with Gasteiger partial charge >= 0.3 is 5.97 Å². The summed E-state index contributed by atoms with van der Waals surface area (Å²) in [7, 11) is 0. The van der Waals surface area contributed by atoms with Gasteiger partial charge < -0.3 is 9.84 Å². The highest BCUT2D eigenvalue weighted by Crippen LogP contribution is 2.25. The molecule has 0 saturated carbocycles. The molecule has 1 N–H and O–H groups in total. The molecule has 3 nitrogen and oxygen atoms in total. The summed E-state index contributed by atoms with van der Waals surface area (Å²) in [6.45, 7) is 5.06. The van der Waals surface area contributed by atoms with E-state index in [9.17, 15) is 9.18 Å². The molecule has 0 aliphatic carbocycles. The van der Waals surface area contributed by atoms with Crippen LogP contribution in [0.5, 0.6) is 5.75 Å². The van der Waals surface area contributed by atoms with Crippen molar-refractivity contribution < 1.29 is 19.0 Å². The van der Waals surface area contributed by atoms with Crippen molar-refractivity contribution in [1.82, 2.24) is 0 Å². The fourth-order valence-electron chi connectivity index (χ4n) is 1.24. The normalized spacial score (nSPS) is 10.5. The highest BCUT2D eigenvalue weighted by molar-refractivity contribution is 5.91. The molecule has 0 fully saturated rings. The van der Waals surface area contributed by atoms with E-state index in [4.69, 9.17) is 9.84 Å². The van der Waals surface area contributed by atoms with Gasteiger partial charge in [0.15, 0.2) is 11.6 Å². The van der Waals surface area contributed by atoms with Gasteiger partial charge in [-0.2, -0.15) is 0 Å². The van der Waals surface area contributed by atoms with Crippen LogP contribution in [0.15, 0.2) is 12.1 Å². The van der Waals surface area contributed by atoms with Crippen molar-refractivity contribution in [2.75, 3.05) is 0 Å². The SMILES string of the molecule is Cc1cc(F)c(OC(C)C)c(C(=O)O)c1. The van der Waals surface area contributed by atoms with Gasteiger partial charge in [0.2, 0.25) is 0 Å². The predicted molar refractivity (Wildman–Crippen MR) is 53.9 cm³/mol. The third kappa shape index (κ3) is 2.68. The molecule has 0 unspecified atom stereocenters. The predicted octanol–water partition coefficient (Wildman–Crippen LogP) is 2.62. The van der Waals surface area contributed by atoms with Crippen molar-refractivity contribution in [2.24, 2.45) is 0 Å². The molecule has 0 atom stereocenters. The molecule has 0 aliphatic heterocycles. The first-order valence-corrected chi connectivity index (χ1v) is 4.62. The maximum Gasteiger partial charge on any atom is 0.339 e. The quantitative estimate of drug-likeness (QED) is 0.837. The summed E-state index contributed by atoms with van der Waals surface area (Å²) in [5.41, 5.74) is 0.419. The largest absolute Gasteiger partial charge is 0.487 e. The zero-order valence-corrected chi connectivity index (χ0v) is 8.87. The van der Waals surface area contributed by atoms with E-state index in [1.165, 1.54) is 12.1 Å². The van der Waals surface area contributed by atoms with Crippen LogP contribution in [-0.4, -0.2) is 17.2 Å². The number of ether oxygens (including phenoxy) is 1. The number of carboxylic acid groups (broad SMARTS) is 1. The van der Waals surface area contributed by atoms with Crippen molar-refractivity contribution in [3.05, 3.63) is 29.1 Å². The Morgan fingerprint density at radius 1 is 1.47 bits per heavy atom. The van der Waals surface area contributed by atoms with E-state index in [-0.39, 0.29) is 17.4 Å². The Kier molecular flexibility index (Phi) is 3.29. The lowest BCUT2D eigenvalue weighted by molar-refractivity contribution is 0.0689. The van der Waals surface area contributed by atoms with Gasteiger partial charge in [-0.3, -0.25) is 0 Å². The van der Waals surface area contributed by atoms with Crippen LogP contribution in [0.3, 0.4) is 0 Å². The van der Waals surface area contributed by atoms with E-state index in [0.29, 0.717) is 5.56 Å². The molecule has 0 amide bonds. The van der Waals surface area contributed by atoms with E-state index in [2.05, 4.69) is 0 Å². The molecule has 0 aromatic heterocycles. The molecule has 1 aromatic rings. The highest BCUT2D eigenvalue weighted by Gasteiger charge is 2.17. The topological polar surface area (TPSA) is 46.5 Å². The van der Waals surface area contributed by atoms with Gasteiger partial charge in [-0.05, 0) is 38.5 Å². The lowest BCUT2D eigenvalue weighted by atomic mass is 10.1. The molecule has 0 spiro atoms. The maximum absolute atomic E-state index is 13.4. The van der Waals surface area contributed by atoms with Crippen molar-refractivity contribution in [2.45, 2.75) is 26.9 Å². The van der Waals surface area contributed by atoms with Crippen LogP contribution in [0.2, 0.25) is 0 Å². The monoisotopic (exact) mass is 212 g/mol. The van der Waals surface area contributed by atoms with Crippen molar-refractivity contribution in [1.29, 1.82) is 0 Å². The van der Waals surface area contributed by atoms with Gasteiger partial charge in [-0.25, -0.2) is 9.18 Å². The first kappa shape index (κ1) is 11.5. The number of carbonyl (C=O) groups is 1. The molecule has 1 aromatic carbocycles. The minimum absolute atomic E-state index is 0.138. The van der Waals surface area contributed by atoms with Crippen molar-refractivity contribution in [3.8, 4) is 5.75 Å². The summed E-state index contributed by atoms with van der Waals surface area (Å²) in [6.07, 6.45) is -0.264. The third-order valence-electron chi connectivity index (χ3n) is 1.77. The molecular weight excluding hydrogens is 199 g/mol. The van der Waals surface area contributed by atoms with E-state index >= 15 is 0 Å². The first-order chi connectivity index (χ1) is 6.91. The summed E-state index contributed by atoms with van der Waals surface area (Å²) < 4.78 is 18.6. The standard InChI is InChI=1S/C11H13FO3/c1-6(2)15-10-8(11(13)14)4-7(3)5-9(10)12/h4-6H,1-3H3,(H,13,14). The van der Waals surface area contributed by atoms with Gasteiger partial charge in [0.25, 0.3) is 0 Å². The van der Waals surface area contributed by atoms with Crippen LogP contribution in [0.25, 0.3) is 0 Å². The molecule has 0 heterocycles. The summed E-state index contributed by atoms with van der Waals surface area (Å²) in [5, 5.41) is 8.88. The Balaban J connectivity index is 3.27. The number of halogens is 1. The van der Waals surface area contributed by atoms with E-state index in [0.717, 1.165) is 0 Å². The second kappa shape index (κ2) is 4.29. The smallest absolute Gasteiger partial charge is 0.339 e. The Labute approximate surface area is 87.5 Å². The van der Waals surface area contributed by atoms with Crippen molar-refractivity contribution in [3.63, 3.8) is 0 Å². The molecule has 0 bridgehead atoms. The van der Waals surface area contributed by atoms with Crippen LogP contribution in [0.4, 0.5) is 4.39 Å².